The van der Waals surface area contributed by atoms with Crippen LogP contribution >= 0.6 is 0 Å². The van der Waals surface area contributed by atoms with Crippen molar-refractivity contribution in [2.45, 2.75) is 42.0 Å². The van der Waals surface area contributed by atoms with Crippen LogP contribution in [0.15, 0.2) is 0 Å². The van der Waals surface area contributed by atoms with E-state index in [1.165, 1.54) is 0 Å². The summed E-state index contributed by atoms with van der Waals surface area (Å²) >= 11 is 0. The van der Waals surface area contributed by atoms with E-state index in [-0.39, 0.29) is 0 Å². The fourth-order valence-corrected chi connectivity index (χ4v) is 1.57. The summed E-state index contributed by atoms with van der Waals surface area (Å²) in [6, 6.07) is 0. The van der Waals surface area contributed by atoms with Gasteiger partial charge in [-0.1, -0.05) is 0 Å². The van der Waals surface area contributed by atoms with Gasteiger partial charge in [0.05, 0.1) is 0 Å². The van der Waals surface area contributed by atoms with E-state index in [0.29, 0.717) is 0 Å². The topological polar surface area (TPSA) is 66.4 Å². The number of hydrogen-bond donors (Lipinski definition) is 2. The molecule has 154 valence electrons. The molecule has 0 aliphatic heterocycles. The van der Waals surface area contributed by atoms with Crippen molar-refractivity contribution in [1.29, 1.82) is 0 Å². The van der Waals surface area contributed by atoms with Gasteiger partial charge in [0, 0.05) is 0 Å². The molecule has 0 heterocycles. The van der Waals surface area contributed by atoms with Gasteiger partial charge in [-0.2, -0.15) is 34.8 Å². The highest BCUT2D eigenvalue weighted by Gasteiger charge is 2.80. The fourth-order valence-electron chi connectivity index (χ4n) is 1.05. The normalized spacial score (nSPS) is 17.6. The highest BCUT2D eigenvalue weighted by atomic mass is 32.2. The maximum absolute atomic E-state index is 12.9. The Morgan fingerprint density at radius 1 is 0.840 bits per heavy atom. The van der Waals surface area contributed by atoms with E-state index < -0.39 is 52.2 Å². The highest BCUT2D eigenvalue weighted by Crippen LogP contribution is 2.52. The van der Waals surface area contributed by atoms with Crippen LogP contribution in [0.1, 0.15) is 0 Å². The summed E-state index contributed by atoms with van der Waals surface area (Å²) in [6.07, 6.45) is -14.5. The Hall–Kier alpha value is -0.900. The molecule has 0 spiro atoms. The Balaban J connectivity index is 0. The molecule has 0 aromatic rings. The zero-order chi connectivity index (χ0) is 21.0. The largest absolute Gasteiger partial charge is 0.379 e. The molecule has 0 aliphatic rings. The Kier molecular flexibility index (Phi) is 9.12. The average molecular weight is 423 g/mol. The number of hydrogen-bond acceptors (Lipinski definition) is 3. The first-order valence-corrected chi connectivity index (χ1v) is 7.22. The monoisotopic (exact) mass is 423 g/mol. The van der Waals surface area contributed by atoms with Crippen molar-refractivity contribution < 1.29 is 61.3 Å². The lowest BCUT2D eigenvalue weighted by Crippen LogP contribution is -2.64. The van der Waals surface area contributed by atoms with Crippen molar-refractivity contribution in [3.05, 3.63) is 0 Å². The molecule has 0 radical (unpaired) electrons. The van der Waals surface area contributed by atoms with E-state index in [2.05, 4.69) is 5.32 Å². The molecule has 4 nitrogen and oxygen atoms in total. The second-order valence-electron chi connectivity index (χ2n) is 4.33. The van der Waals surface area contributed by atoms with Crippen molar-refractivity contribution in [2.24, 2.45) is 0 Å². The van der Waals surface area contributed by atoms with Gasteiger partial charge in [-0.3, -0.25) is 4.55 Å². The maximum Gasteiger partial charge on any atom is 0.379 e. The highest BCUT2D eigenvalue weighted by molar-refractivity contribution is 7.86. The summed E-state index contributed by atoms with van der Waals surface area (Å²) < 4.78 is 166. The van der Waals surface area contributed by atoms with E-state index in [0.717, 1.165) is 0 Å². The van der Waals surface area contributed by atoms with Crippen LogP contribution in [0.25, 0.3) is 0 Å². The summed E-state index contributed by atoms with van der Waals surface area (Å²) in [7, 11) is -2.91. The molecule has 0 aliphatic carbocycles. The predicted octanol–water partition coefficient (Wildman–Crippen LogP) is 2.85. The second kappa shape index (κ2) is 8.66. The third-order valence-electron chi connectivity index (χ3n) is 2.25. The lowest BCUT2D eigenvalue weighted by molar-refractivity contribution is -0.338. The molecule has 0 saturated carbocycles. The standard InChI is InChI=1S/C7H5F11O3S.C2H7N/c8-1(3(10)11)2(9)5(13,14)7(17,18)6(15,16)4(12)22(19,20)21;1-3-2/h1-4H,(H,19,20,21);3H,1-2H3. The summed E-state index contributed by atoms with van der Waals surface area (Å²) in [5, 5.41) is 2.75. The Morgan fingerprint density at radius 2 is 1.16 bits per heavy atom. The Labute approximate surface area is 134 Å². The van der Waals surface area contributed by atoms with Crippen LogP contribution in [0.2, 0.25) is 0 Å². The molecular formula is C9H12F11NO3S. The molecule has 0 bridgehead atoms. The van der Waals surface area contributed by atoms with Crippen molar-refractivity contribution >= 4 is 10.1 Å². The maximum atomic E-state index is 12.9. The smallest absolute Gasteiger partial charge is 0.323 e. The SMILES string of the molecule is CNC.O=S(=O)(O)C(F)C(F)(F)C(F)(F)C(F)(F)C(F)C(F)C(F)F. The van der Waals surface area contributed by atoms with Crippen molar-refractivity contribution in [2.75, 3.05) is 14.1 Å². The quantitative estimate of drug-likeness (QED) is 0.488. The molecule has 0 rings (SSSR count). The van der Waals surface area contributed by atoms with Crippen LogP contribution < -0.4 is 5.32 Å². The van der Waals surface area contributed by atoms with Gasteiger partial charge in [0.2, 0.25) is 6.17 Å². The molecule has 3 atom stereocenters. The number of alkyl halides is 11. The van der Waals surface area contributed by atoms with Crippen molar-refractivity contribution in [3.63, 3.8) is 0 Å². The van der Waals surface area contributed by atoms with Crippen molar-refractivity contribution in [1.82, 2.24) is 5.32 Å². The molecule has 2 N–H and O–H groups in total. The van der Waals surface area contributed by atoms with Gasteiger partial charge >= 0.3 is 27.9 Å². The van der Waals surface area contributed by atoms with Crippen LogP contribution in [-0.4, -0.2) is 69.1 Å². The third kappa shape index (κ3) is 5.54. The number of nitrogens with one attached hydrogen (secondary N) is 1. The summed E-state index contributed by atoms with van der Waals surface area (Å²) in [6.45, 7) is 0. The average Bonchev–Trinajstić information content (AvgIpc) is 2.43. The summed E-state index contributed by atoms with van der Waals surface area (Å²) in [4.78, 5) is 0. The molecule has 16 heteroatoms. The van der Waals surface area contributed by atoms with Gasteiger partial charge in [-0.25, -0.2) is 22.0 Å². The molecule has 0 amide bonds. The van der Waals surface area contributed by atoms with Crippen LogP contribution in [0.5, 0.6) is 0 Å². The predicted molar refractivity (Wildman–Crippen MR) is 62.1 cm³/mol. The first-order valence-electron chi connectivity index (χ1n) is 5.72. The zero-order valence-electron chi connectivity index (χ0n) is 12.1. The first kappa shape index (κ1) is 26.3. The minimum atomic E-state index is -7.27. The van der Waals surface area contributed by atoms with Gasteiger partial charge in [-0.05, 0) is 14.1 Å². The van der Waals surface area contributed by atoms with Crippen LogP contribution in [0.4, 0.5) is 48.3 Å². The Bertz CT molecular complexity index is 513. The lowest BCUT2D eigenvalue weighted by atomic mass is 9.98. The second-order valence-corrected chi connectivity index (χ2v) is 5.78. The first-order chi connectivity index (χ1) is 10.8. The fraction of sp³-hybridized carbons (Fsp3) is 1.00. The van der Waals surface area contributed by atoms with Crippen LogP contribution in [0.3, 0.4) is 0 Å². The van der Waals surface area contributed by atoms with E-state index in [9.17, 15) is 56.7 Å². The number of halogens is 11. The van der Waals surface area contributed by atoms with Gasteiger partial charge < -0.3 is 5.32 Å². The minimum Gasteiger partial charge on any atom is -0.323 e. The van der Waals surface area contributed by atoms with Gasteiger partial charge in [0.1, 0.15) is 0 Å². The third-order valence-corrected chi connectivity index (χ3v) is 3.07. The van der Waals surface area contributed by atoms with Gasteiger partial charge in [0.25, 0.3) is 11.9 Å². The Morgan fingerprint density at radius 3 is 1.40 bits per heavy atom. The molecule has 25 heavy (non-hydrogen) atoms. The minimum absolute atomic E-state index is 1.88. The molecule has 0 fully saturated rings. The van der Waals surface area contributed by atoms with Gasteiger partial charge in [-0.15, -0.1) is 0 Å². The van der Waals surface area contributed by atoms with E-state index >= 15 is 0 Å². The van der Waals surface area contributed by atoms with Crippen LogP contribution in [-0.2, 0) is 10.1 Å². The molecule has 0 aromatic carbocycles. The summed E-state index contributed by atoms with van der Waals surface area (Å²) in [5.41, 5.74) is -5.35. The van der Waals surface area contributed by atoms with E-state index in [4.69, 9.17) is 4.55 Å². The molecular weight excluding hydrogens is 411 g/mol. The van der Waals surface area contributed by atoms with E-state index in [1.54, 1.807) is 0 Å². The number of rotatable bonds is 7. The van der Waals surface area contributed by atoms with Gasteiger partial charge in [0.15, 0.2) is 6.17 Å². The molecule has 0 aromatic heterocycles. The van der Waals surface area contributed by atoms with Crippen LogP contribution in [0, 0.1) is 0 Å². The molecule has 0 saturated heterocycles. The summed E-state index contributed by atoms with van der Waals surface area (Å²) in [5.74, 6) is -21.2. The molecule has 3 unspecified atom stereocenters. The van der Waals surface area contributed by atoms with Crippen molar-refractivity contribution in [3.8, 4) is 0 Å². The van der Waals surface area contributed by atoms with E-state index in [1.807, 2.05) is 14.1 Å². The zero-order valence-corrected chi connectivity index (χ0v) is 13.0. The lowest BCUT2D eigenvalue weighted by Gasteiger charge is -2.35.